The van der Waals surface area contributed by atoms with Crippen molar-refractivity contribution in [2.45, 2.75) is 18.9 Å². The van der Waals surface area contributed by atoms with Gasteiger partial charge in [0.05, 0.1) is 17.3 Å². The van der Waals surface area contributed by atoms with Crippen LogP contribution in [0.15, 0.2) is 18.5 Å². The van der Waals surface area contributed by atoms with E-state index in [4.69, 9.17) is 0 Å². The molecule has 86 valence electrons. The minimum Gasteiger partial charge on any atom is -0.346 e. The van der Waals surface area contributed by atoms with Gasteiger partial charge in [0.15, 0.2) is 0 Å². The largest absolute Gasteiger partial charge is 0.346 e. The molecule has 0 saturated carbocycles. The summed E-state index contributed by atoms with van der Waals surface area (Å²) in [6.45, 7) is 3.59. The van der Waals surface area contributed by atoms with Crippen molar-refractivity contribution in [1.29, 1.82) is 0 Å². The average molecular weight is 223 g/mol. The van der Waals surface area contributed by atoms with Crippen LogP contribution < -0.4 is 10.6 Å². The Labute approximate surface area is 93.3 Å². The van der Waals surface area contributed by atoms with Gasteiger partial charge in [0.1, 0.15) is 5.82 Å². The second-order valence-corrected chi connectivity index (χ2v) is 4.33. The molecule has 0 aliphatic carbocycles. The number of rotatable bonds is 2. The van der Waals surface area contributed by atoms with Crippen molar-refractivity contribution >= 4 is 5.91 Å². The molecular formula is C11H14FN3O. The molecule has 0 spiro atoms. The van der Waals surface area contributed by atoms with Crippen molar-refractivity contribution in [3.8, 4) is 0 Å². The minimum atomic E-state index is -0.498. The monoisotopic (exact) mass is 223 g/mol. The van der Waals surface area contributed by atoms with E-state index in [2.05, 4.69) is 15.6 Å². The molecule has 1 aromatic rings. The first kappa shape index (κ1) is 11.0. The van der Waals surface area contributed by atoms with Gasteiger partial charge in [-0.3, -0.25) is 9.78 Å². The van der Waals surface area contributed by atoms with Crippen LogP contribution in [0, 0.1) is 5.82 Å². The molecule has 1 atom stereocenters. The summed E-state index contributed by atoms with van der Waals surface area (Å²) >= 11 is 0. The number of pyridine rings is 1. The van der Waals surface area contributed by atoms with Gasteiger partial charge in [0.25, 0.3) is 5.91 Å². The fourth-order valence-corrected chi connectivity index (χ4v) is 1.81. The third-order valence-corrected chi connectivity index (χ3v) is 2.75. The molecule has 0 radical (unpaired) electrons. The van der Waals surface area contributed by atoms with Gasteiger partial charge in [-0.2, -0.15) is 0 Å². The van der Waals surface area contributed by atoms with Crippen LogP contribution in [0.25, 0.3) is 0 Å². The van der Waals surface area contributed by atoms with E-state index in [0.29, 0.717) is 0 Å². The maximum Gasteiger partial charge on any atom is 0.253 e. The number of halogens is 1. The second kappa shape index (κ2) is 4.17. The van der Waals surface area contributed by atoms with Crippen LogP contribution in [0.2, 0.25) is 0 Å². The molecule has 16 heavy (non-hydrogen) atoms. The Kier molecular flexibility index (Phi) is 2.87. The van der Waals surface area contributed by atoms with E-state index in [9.17, 15) is 9.18 Å². The normalized spacial score (nSPS) is 24.4. The maximum absolute atomic E-state index is 12.9. The molecule has 1 fully saturated rings. The van der Waals surface area contributed by atoms with Crippen molar-refractivity contribution < 1.29 is 9.18 Å². The predicted molar refractivity (Wildman–Crippen MR) is 57.6 cm³/mol. The summed E-state index contributed by atoms with van der Waals surface area (Å²) in [7, 11) is 0. The quantitative estimate of drug-likeness (QED) is 0.776. The highest BCUT2D eigenvalue weighted by Crippen LogP contribution is 2.14. The Morgan fingerprint density at radius 3 is 3.06 bits per heavy atom. The Bertz CT molecular complexity index is 402. The molecule has 1 amide bonds. The zero-order valence-corrected chi connectivity index (χ0v) is 9.09. The maximum atomic E-state index is 12.9. The Morgan fingerprint density at radius 1 is 1.62 bits per heavy atom. The average Bonchev–Trinajstić information content (AvgIpc) is 2.65. The molecule has 0 aromatic carbocycles. The van der Waals surface area contributed by atoms with E-state index < -0.39 is 5.82 Å². The second-order valence-electron chi connectivity index (χ2n) is 4.33. The lowest BCUT2D eigenvalue weighted by molar-refractivity contribution is 0.0912. The van der Waals surface area contributed by atoms with Crippen molar-refractivity contribution in [1.82, 2.24) is 15.6 Å². The van der Waals surface area contributed by atoms with E-state index in [1.807, 2.05) is 6.92 Å². The number of carbonyl (C=O) groups excluding carboxylic acids is 1. The van der Waals surface area contributed by atoms with Crippen LogP contribution in [0.3, 0.4) is 0 Å². The Balaban J connectivity index is 2.08. The summed E-state index contributed by atoms with van der Waals surface area (Å²) in [5, 5.41) is 6.07. The third kappa shape index (κ3) is 2.36. The summed E-state index contributed by atoms with van der Waals surface area (Å²) in [5.74, 6) is -0.777. The lowest BCUT2D eigenvalue weighted by atomic mass is 10.0. The smallest absolute Gasteiger partial charge is 0.253 e. The molecular weight excluding hydrogens is 209 g/mol. The minimum absolute atomic E-state index is 0.247. The fourth-order valence-electron chi connectivity index (χ4n) is 1.81. The number of nitrogens with one attached hydrogen (secondary N) is 2. The molecule has 5 heteroatoms. The van der Waals surface area contributed by atoms with Crippen molar-refractivity contribution in [3.63, 3.8) is 0 Å². The van der Waals surface area contributed by atoms with Crippen molar-refractivity contribution in [2.24, 2.45) is 0 Å². The molecule has 1 aliphatic rings. The first-order valence-corrected chi connectivity index (χ1v) is 5.23. The van der Waals surface area contributed by atoms with Crippen LogP contribution in [0.1, 0.15) is 23.7 Å². The molecule has 2 heterocycles. The van der Waals surface area contributed by atoms with Crippen LogP contribution >= 0.6 is 0 Å². The van der Waals surface area contributed by atoms with Gasteiger partial charge >= 0.3 is 0 Å². The standard InChI is InChI=1S/C11H14FN3O/c1-11(2-3-13-7-11)15-10(16)8-4-9(12)6-14-5-8/h4-6,13H,2-3,7H2,1H3,(H,15,16). The summed E-state index contributed by atoms with van der Waals surface area (Å²) in [4.78, 5) is 15.5. The highest BCUT2D eigenvalue weighted by Gasteiger charge is 2.30. The zero-order valence-electron chi connectivity index (χ0n) is 9.09. The van der Waals surface area contributed by atoms with Crippen LogP contribution in [0.4, 0.5) is 4.39 Å². The lowest BCUT2D eigenvalue weighted by Crippen LogP contribution is -2.47. The number of nitrogens with zero attached hydrogens (tertiary/aromatic N) is 1. The zero-order chi connectivity index (χ0) is 11.6. The molecule has 2 rings (SSSR count). The molecule has 0 bridgehead atoms. The topological polar surface area (TPSA) is 54.0 Å². The number of carbonyl (C=O) groups is 1. The van der Waals surface area contributed by atoms with Gasteiger partial charge in [-0.15, -0.1) is 0 Å². The molecule has 1 aliphatic heterocycles. The molecule has 4 nitrogen and oxygen atoms in total. The molecule has 1 unspecified atom stereocenters. The van der Waals surface area contributed by atoms with Gasteiger partial charge in [0, 0.05) is 12.7 Å². The highest BCUT2D eigenvalue weighted by molar-refractivity contribution is 5.94. The van der Waals surface area contributed by atoms with Crippen molar-refractivity contribution in [3.05, 3.63) is 29.8 Å². The van der Waals surface area contributed by atoms with Gasteiger partial charge in [-0.05, 0) is 26.0 Å². The third-order valence-electron chi connectivity index (χ3n) is 2.75. The van der Waals surface area contributed by atoms with Gasteiger partial charge in [0.2, 0.25) is 0 Å². The number of amides is 1. The highest BCUT2D eigenvalue weighted by atomic mass is 19.1. The SMILES string of the molecule is CC1(NC(=O)c2cncc(F)c2)CCNC1. The van der Waals surface area contributed by atoms with Gasteiger partial charge in [-0.1, -0.05) is 0 Å². The summed E-state index contributed by atoms with van der Waals surface area (Å²) < 4.78 is 12.9. The molecule has 1 saturated heterocycles. The van der Waals surface area contributed by atoms with Gasteiger partial charge < -0.3 is 10.6 Å². The fraction of sp³-hybridized carbons (Fsp3) is 0.455. The lowest BCUT2D eigenvalue weighted by Gasteiger charge is -2.24. The summed E-state index contributed by atoms with van der Waals surface area (Å²) in [6, 6.07) is 1.19. The Morgan fingerprint density at radius 2 is 2.44 bits per heavy atom. The number of hydrogen-bond donors (Lipinski definition) is 2. The number of aromatic nitrogens is 1. The van der Waals surface area contributed by atoms with E-state index in [1.54, 1.807) is 0 Å². The van der Waals surface area contributed by atoms with Crippen LogP contribution in [-0.4, -0.2) is 29.5 Å². The molecule has 1 aromatic heterocycles. The van der Waals surface area contributed by atoms with Crippen molar-refractivity contribution in [2.75, 3.05) is 13.1 Å². The van der Waals surface area contributed by atoms with Crippen LogP contribution in [0.5, 0.6) is 0 Å². The Hall–Kier alpha value is -1.49. The van der Waals surface area contributed by atoms with E-state index in [0.717, 1.165) is 25.7 Å². The predicted octanol–water partition coefficient (Wildman–Crippen LogP) is 0.702. The van der Waals surface area contributed by atoms with Gasteiger partial charge in [-0.25, -0.2) is 4.39 Å². The van der Waals surface area contributed by atoms with E-state index in [1.165, 1.54) is 12.3 Å². The summed E-state index contributed by atoms with van der Waals surface area (Å²) in [5.41, 5.74) is 0.0109. The first-order valence-electron chi connectivity index (χ1n) is 5.23. The number of hydrogen-bond acceptors (Lipinski definition) is 3. The summed E-state index contributed by atoms with van der Waals surface area (Å²) in [6.07, 6.45) is 3.32. The molecule has 2 N–H and O–H groups in total. The first-order chi connectivity index (χ1) is 7.59. The van der Waals surface area contributed by atoms with E-state index in [-0.39, 0.29) is 17.0 Å². The van der Waals surface area contributed by atoms with E-state index >= 15 is 0 Å². The van der Waals surface area contributed by atoms with Crippen LogP contribution in [-0.2, 0) is 0 Å².